The minimum atomic E-state index is -1.42. The van der Waals surface area contributed by atoms with Crippen LogP contribution in [0, 0.1) is 0 Å². The minimum Gasteiger partial charge on any atom is -0.489 e. The number of carboxylic acid groups (broad SMARTS) is 1. The van der Waals surface area contributed by atoms with Crippen LogP contribution in [-0.2, 0) is 23.4 Å². The average Bonchev–Trinajstić information content (AvgIpc) is 3.18. The Bertz CT molecular complexity index is 1120. The molecule has 0 aromatic heterocycles. The monoisotopic (exact) mass is 415 g/mol. The van der Waals surface area contributed by atoms with Crippen LogP contribution in [0.25, 0.3) is 0 Å². The van der Waals surface area contributed by atoms with Crippen LogP contribution in [-0.4, -0.2) is 23.3 Å². The molecule has 0 spiro atoms. The van der Waals surface area contributed by atoms with Gasteiger partial charge in [-0.2, -0.15) is 0 Å². The third-order valence-electron chi connectivity index (χ3n) is 5.58. The second-order valence-electron chi connectivity index (χ2n) is 7.49. The number of ether oxygens (including phenoxy) is 1. The molecule has 156 valence electrons. The summed E-state index contributed by atoms with van der Waals surface area (Å²) in [6.07, 6.45) is 1.70. The Balaban J connectivity index is 1.44. The van der Waals surface area contributed by atoms with Crippen LogP contribution in [0.1, 0.15) is 43.8 Å². The van der Waals surface area contributed by atoms with Crippen molar-refractivity contribution in [3.8, 4) is 5.75 Å². The molecule has 1 atom stereocenters. The molecule has 0 saturated heterocycles. The number of carbonyl (C=O) groups is 3. The summed E-state index contributed by atoms with van der Waals surface area (Å²) in [5.74, 6) is -0.934. The van der Waals surface area contributed by atoms with Crippen molar-refractivity contribution in [3.63, 3.8) is 0 Å². The standard InChI is InChI=1S/C25H21NO5/c27-15-17-5-7-18(8-6-17)16-31-21-11-9-20(10-12-21)23(28)26-25(24(29)30)14-13-19-3-1-2-4-22(19)25/h1-12,15H,13-14,16H2,(H,26,28)(H,29,30). The first kappa shape index (κ1) is 20.3. The summed E-state index contributed by atoms with van der Waals surface area (Å²) in [6.45, 7) is 0.323. The molecule has 0 bridgehead atoms. The molecule has 0 fully saturated rings. The number of carbonyl (C=O) groups excluding carboxylic acids is 2. The van der Waals surface area contributed by atoms with Gasteiger partial charge in [-0.3, -0.25) is 9.59 Å². The topological polar surface area (TPSA) is 92.7 Å². The molecular formula is C25H21NO5. The van der Waals surface area contributed by atoms with Crippen molar-refractivity contribution in [1.82, 2.24) is 5.32 Å². The van der Waals surface area contributed by atoms with E-state index in [1.54, 1.807) is 48.5 Å². The van der Waals surface area contributed by atoms with Crippen LogP contribution >= 0.6 is 0 Å². The number of aryl methyl sites for hydroxylation is 1. The van der Waals surface area contributed by atoms with E-state index >= 15 is 0 Å². The highest BCUT2D eigenvalue weighted by Gasteiger charge is 2.46. The maximum absolute atomic E-state index is 12.8. The lowest BCUT2D eigenvalue weighted by molar-refractivity contribution is -0.144. The van der Waals surface area contributed by atoms with Crippen LogP contribution < -0.4 is 10.1 Å². The summed E-state index contributed by atoms with van der Waals surface area (Å²) in [5.41, 5.74) is 2.02. The SMILES string of the molecule is O=Cc1ccc(COc2ccc(C(=O)NC3(C(=O)O)CCc4ccccc43)cc2)cc1. The van der Waals surface area contributed by atoms with Crippen molar-refractivity contribution in [2.75, 3.05) is 0 Å². The Morgan fingerprint density at radius 1 is 1.00 bits per heavy atom. The van der Waals surface area contributed by atoms with Crippen molar-refractivity contribution in [3.05, 3.63) is 101 Å². The van der Waals surface area contributed by atoms with E-state index in [2.05, 4.69) is 5.32 Å². The molecule has 3 aromatic carbocycles. The van der Waals surface area contributed by atoms with E-state index in [-0.39, 0.29) is 0 Å². The minimum absolute atomic E-state index is 0.317. The lowest BCUT2D eigenvalue weighted by Gasteiger charge is -2.27. The molecule has 2 N–H and O–H groups in total. The van der Waals surface area contributed by atoms with E-state index in [0.717, 1.165) is 17.4 Å². The van der Waals surface area contributed by atoms with E-state index in [0.29, 0.717) is 41.9 Å². The van der Waals surface area contributed by atoms with Gasteiger partial charge in [-0.05, 0) is 53.8 Å². The highest BCUT2D eigenvalue weighted by atomic mass is 16.5. The fourth-order valence-corrected chi connectivity index (χ4v) is 3.84. The first-order chi connectivity index (χ1) is 15.0. The zero-order chi connectivity index (χ0) is 21.8. The van der Waals surface area contributed by atoms with E-state index in [1.807, 2.05) is 24.3 Å². The molecule has 1 unspecified atom stereocenters. The number of hydrogen-bond donors (Lipinski definition) is 2. The fourth-order valence-electron chi connectivity index (χ4n) is 3.84. The van der Waals surface area contributed by atoms with Gasteiger partial charge in [-0.25, -0.2) is 4.79 Å². The smallest absolute Gasteiger partial charge is 0.334 e. The molecule has 4 rings (SSSR count). The molecule has 3 aromatic rings. The van der Waals surface area contributed by atoms with E-state index in [1.165, 1.54) is 0 Å². The van der Waals surface area contributed by atoms with Crippen molar-refractivity contribution < 1.29 is 24.2 Å². The first-order valence-electron chi connectivity index (χ1n) is 9.93. The summed E-state index contributed by atoms with van der Waals surface area (Å²) >= 11 is 0. The quantitative estimate of drug-likeness (QED) is 0.574. The Morgan fingerprint density at radius 2 is 1.71 bits per heavy atom. The third-order valence-corrected chi connectivity index (χ3v) is 5.58. The second kappa shape index (κ2) is 8.44. The zero-order valence-corrected chi connectivity index (χ0v) is 16.7. The molecular weight excluding hydrogens is 394 g/mol. The highest BCUT2D eigenvalue weighted by molar-refractivity contribution is 5.98. The second-order valence-corrected chi connectivity index (χ2v) is 7.49. The third kappa shape index (κ3) is 4.05. The summed E-state index contributed by atoms with van der Waals surface area (Å²) < 4.78 is 5.72. The van der Waals surface area contributed by atoms with Gasteiger partial charge in [0.25, 0.3) is 5.91 Å². The molecule has 6 heteroatoms. The molecule has 0 heterocycles. The average molecular weight is 415 g/mol. The predicted molar refractivity (Wildman–Crippen MR) is 114 cm³/mol. The normalized spacial score (nSPS) is 16.9. The number of carboxylic acids is 1. The van der Waals surface area contributed by atoms with Crippen molar-refractivity contribution in [2.24, 2.45) is 0 Å². The Hall–Kier alpha value is -3.93. The number of aliphatic carboxylic acids is 1. The molecule has 1 amide bonds. The van der Waals surface area contributed by atoms with Crippen molar-refractivity contribution >= 4 is 18.2 Å². The Kier molecular flexibility index (Phi) is 5.54. The van der Waals surface area contributed by atoms with Gasteiger partial charge >= 0.3 is 5.97 Å². The van der Waals surface area contributed by atoms with Crippen LogP contribution in [0.5, 0.6) is 5.75 Å². The maximum atomic E-state index is 12.8. The first-order valence-corrected chi connectivity index (χ1v) is 9.93. The number of nitrogens with one attached hydrogen (secondary N) is 1. The molecule has 0 aliphatic heterocycles. The lowest BCUT2D eigenvalue weighted by Crippen LogP contribution is -2.50. The number of rotatable bonds is 7. The highest BCUT2D eigenvalue weighted by Crippen LogP contribution is 2.37. The van der Waals surface area contributed by atoms with Gasteiger partial charge in [0.15, 0.2) is 5.54 Å². The largest absolute Gasteiger partial charge is 0.489 e. The molecule has 31 heavy (non-hydrogen) atoms. The van der Waals surface area contributed by atoms with Crippen LogP contribution in [0.2, 0.25) is 0 Å². The Morgan fingerprint density at radius 3 is 2.39 bits per heavy atom. The summed E-state index contributed by atoms with van der Waals surface area (Å²) in [7, 11) is 0. The zero-order valence-electron chi connectivity index (χ0n) is 16.7. The summed E-state index contributed by atoms with van der Waals surface area (Å²) in [4.78, 5) is 35.7. The number of benzene rings is 3. The Labute approximate surface area is 179 Å². The number of fused-ring (bicyclic) bond motifs is 1. The van der Waals surface area contributed by atoms with E-state index in [4.69, 9.17) is 4.74 Å². The summed E-state index contributed by atoms with van der Waals surface area (Å²) in [5, 5.41) is 12.7. The number of aldehydes is 1. The molecule has 1 aliphatic rings. The van der Waals surface area contributed by atoms with Gasteiger partial charge in [0.1, 0.15) is 18.6 Å². The predicted octanol–water partition coefficient (Wildman–Crippen LogP) is 3.73. The number of hydrogen-bond acceptors (Lipinski definition) is 4. The molecule has 1 aliphatic carbocycles. The van der Waals surface area contributed by atoms with Gasteiger partial charge in [-0.15, -0.1) is 0 Å². The van der Waals surface area contributed by atoms with Crippen LogP contribution in [0.15, 0.2) is 72.8 Å². The van der Waals surface area contributed by atoms with Crippen molar-refractivity contribution in [1.29, 1.82) is 0 Å². The maximum Gasteiger partial charge on any atom is 0.334 e. The van der Waals surface area contributed by atoms with E-state index < -0.39 is 17.4 Å². The molecule has 6 nitrogen and oxygen atoms in total. The fraction of sp³-hybridized carbons (Fsp3) is 0.160. The van der Waals surface area contributed by atoms with Crippen LogP contribution in [0.4, 0.5) is 0 Å². The number of amides is 1. The van der Waals surface area contributed by atoms with Gasteiger partial charge in [0, 0.05) is 11.1 Å². The summed E-state index contributed by atoms with van der Waals surface area (Å²) in [6, 6.07) is 20.9. The van der Waals surface area contributed by atoms with Crippen molar-refractivity contribution in [2.45, 2.75) is 25.0 Å². The molecule has 0 saturated carbocycles. The van der Waals surface area contributed by atoms with Gasteiger partial charge in [-0.1, -0.05) is 48.5 Å². The van der Waals surface area contributed by atoms with Gasteiger partial charge in [0.2, 0.25) is 0 Å². The van der Waals surface area contributed by atoms with Gasteiger partial charge < -0.3 is 15.2 Å². The lowest BCUT2D eigenvalue weighted by atomic mass is 9.91. The van der Waals surface area contributed by atoms with Gasteiger partial charge in [0.05, 0.1) is 0 Å². The molecule has 0 radical (unpaired) electrons. The van der Waals surface area contributed by atoms with E-state index in [9.17, 15) is 19.5 Å². The van der Waals surface area contributed by atoms with Crippen LogP contribution in [0.3, 0.4) is 0 Å².